The quantitative estimate of drug-likeness (QED) is 0.349. The molecule has 176 valence electrons. The first-order valence-electron chi connectivity index (χ1n) is 10.6. The number of morpholine rings is 1. The maximum atomic E-state index is 13.2. The monoisotopic (exact) mass is 525 g/mol. The highest BCUT2D eigenvalue weighted by Crippen LogP contribution is 2.34. The van der Waals surface area contributed by atoms with Crippen molar-refractivity contribution >= 4 is 74.3 Å². The average molecular weight is 527 g/mol. The fourth-order valence-corrected chi connectivity index (χ4v) is 5.05. The smallest absolute Gasteiger partial charge is 0.252 e. The van der Waals surface area contributed by atoms with Gasteiger partial charge in [0.25, 0.3) is 5.91 Å². The van der Waals surface area contributed by atoms with E-state index in [2.05, 4.69) is 4.90 Å². The SMILES string of the molecule is Cc1c(Cl)ccc2sc(N(CCCN3CCOCC3)C(=O)/C=C/c3ccccc3Cl)nc12.Cl. The number of carbonyl (C=O) groups excluding carboxylic acids is 1. The zero-order valence-electron chi connectivity index (χ0n) is 18.3. The number of thiazole rings is 1. The molecule has 0 N–H and O–H groups in total. The summed E-state index contributed by atoms with van der Waals surface area (Å²) in [5, 5.41) is 1.97. The Kier molecular flexibility index (Phi) is 9.56. The molecule has 0 radical (unpaired) electrons. The lowest BCUT2D eigenvalue weighted by molar-refractivity contribution is -0.114. The molecule has 3 aromatic rings. The van der Waals surface area contributed by atoms with Gasteiger partial charge >= 0.3 is 0 Å². The van der Waals surface area contributed by atoms with Crippen LogP contribution in [0.4, 0.5) is 5.13 Å². The molecule has 9 heteroatoms. The molecular weight excluding hydrogens is 501 g/mol. The largest absolute Gasteiger partial charge is 0.379 e. The number of aromatic nitrogens is 1. The fourth-order valence-electron chi connectivity index (χ4n) is 3.64. The van der Waals surface area contributed by atoms with Gasteiger partial charge in [-0.1, -0.05) is 52.7 Å². The highest BCUT2D eigenvalue weighted by atomic mass is 35.5. The number of halogens is 3. The summed E-state index contributed by atoms with van der Waals surface area (Å²) in [6, 6.07) is 11.3. The van der Waals surface area contributed by atoms with Crippen LogP contribution in [0.15, 0.2) is 42.5 Å². The highest BCUT2D eigenvalue weighted by molar-refractivity contribution is 7.22. The van der Waals surface area contributed by atoms with Crippen molar-refractivity contribution in [3.63, 3.8) is 0 Å². The van der Waals surface area contributed by atoms with Crippen molar-refractivity contribution in [2.24, 2.45) is 0 Å². The van der Waals surface area contributed by atoms with Gasteiger partial charge in [0.2, 0.25) is 0 Å². The molecule has 1 saturated heterocycles. The molecule has 0 aliphatic carbocycles. The Bertz CT molecular complexity index is 1130. The number of benzene rings is 2. The lowest BCUT2D eigenvalue weighted by Crippen LogP contribution is -2.39. The van der Waals surface area contributed by atoms with Crippen LogP contribution in [-0.4, -0.2) is 55.2 Å². The lowest BCUT2D eigenvalue weighted by Gasteiger charge is -2.27. The van der Waals surface area contributed by atoms with Crippen molar-refractivity contribution in [3.8, 4) is 0 Å². The van der Waals surface area contributed by atoms with Crippen LogP contribution in [0.1, 0.15) is 17.5 Å². The van der Waals surface area contributed by atoms with Gasteiger partial charge in [0.1, 0.15) is 0 Å². The minimum Gasteiger partial charge on any atom is -0.379 e. The molecule has 33 heavy (non-hydrogen) atoms. The van der Waals surface area contributed by atoms with E-state index >= 15 is 0 Å². The van der Waals surface area contributed by atoms with E-state index in [-0.39, 0.29) is 18.3 Å². The van der Waals surface area contributed by atoms with Gasteiger partial charge < -0.3 is 4.74 Å². The minimum absolute atomic E-state index is 0. The average Bonchev–Trinajstić information content (AvgIpc) is 3.24. The van der Waals surface area contributed by atoms with E-state index in [1.165, 1.54) is 11.3 Å². The number of anilines is 1. The summed E-state index contributed by atoms with van der Waals surface area (Å²) in [5.74, 6) is -0.116. The van der Waals surface area contributed by atoms with Crippen molar-refractivity contribution in [2.45, 2.75) is 13.3 Å². The van der Waals surface area contributed by atoms with E-state index in [4.69, 9.17) is 32.9 Å². The Hall–Kier alpha value is -1.67. The van der Waals surface area contributed by atoms with Gasteiger partial charge in [-0.15, -0.1) is 12.4 Å². The van der Waals surface area contributed by atoms with Crippen molar-refractivity contribution in [3.05, 3.63) is 63.6 Å². The summed E-state index contributed by atoms with van der Waals surface area (Å²) in [7, 11) is 0. The van der Waals surface area contributed by atoms with E-state index in [0.717, 1.165) is 60.6 Å². The number of carbonyl (C=O) groups is 1. The van der Waals surface area contributed by atoms with Gasteiger partial charge in [0, 0.05) is 42.3 Å². The first-order chi connectivity index (χ1) is 15.5. The fraction of sp³-hybridized carbons (Fsp3) is 0.333. The molecule has 1 aliphatic heterocycles. The zero-order valence-corrected chi connectivity index (χ0v) is 21.4. The van der Waals surface area contributed by atoms with E-state index in [0.29, 0.717) is 21.7 Å². The van der Waals surface area contributed by atoms with Crippen molar-refractivity contribution in [2.75, 3.05) is 44.3 Å². The molecule has 5 nitrogen and oxygen atoms in total. The predicted molar refractivity (Wildman–Crippen MR) is 141 cm³/mol. The maximum Gasteiger partial charge on any atom is 0.252 e. The molecule has 1 fully saturated rings. The van der Waals surface area contributed by atoms with Gasteiger partial charge in [-0.2, -0.15) is 0 Å². The Labute approximate surface area is 214 Å². The number of fused-ring (bicyclic) bond motifs is 1. The second-order valence-electron chi connectivity index (χ2n) is 7.67. The van der Waals surface area contributed by atoms with Crippen molar-refractivity contribution in [1.29, 1.82) is 0 Å². The van der Waals surface area contributed by atoms with Gasteiger partial charge in [-0.05, 0) is 48.7 Å². The molecular formula is C24H26Cl3N3O2S. The van der Waals surface area contributed by atoms with Crippen molar-refractivity contribution in [1.82, 2.24) is 9.88 Å². The Morgan fingerprint density at radius 3 is 2.70 bits per heavy atom. The molecule has 0 atom stereocenters. The molecule has 4 rings (SSSR count). The minimum atomic E-state index is -0.116. The van der Waals surface area contributed by atoms with Crippen LogP contribution in [0, 0.1) is 6.92 Å². The number of rotatable bonds is 7. The number of hydrogen-bond acceptors (Lipinski definition) is 5. The van der Waals surface area contributed by atoms with Crippen LogP contribution in [-0.2, 0) is 9.53 Å². The first-order valence-corrected chi connectivity index (χ1v) is 12.2. The third-order valence-electron chi connectivity index (χ3n) is 5.50. The summed E-state index contributed by atoms with van der Waals surface area (Å²) in [6.45, 7) is 6.84. The number of ether oxygens (including phenoxy) is 1. The lowest BCUT2D eigenvalue weighted by atomic mass is 10.2. The second kappa shape index (κ2) is 12.2. The van der Waals surface area contributed by atoms with Gasteiger partial charge in [0.05, 0.1) is 23.4 Å². The van der Waals surface area contributed by atoms with Gasteiger partial charge in [0.15, 0.2) is 5.13 Å². The molecule has 0 bridgehead atoms. The summed E-state index contributed by atoms with van der Waals surface area (Å²) >= 11 is 14.0. The van der Waals surface area contributed by atoms with E-state index in [1.807, 2.05) is 43.3 Å². The van der Waals surface area contributed by atoms with Crippen LogP contribution in [0.2, 0.25) is 10.0 Å². The number of amides is 1. The molecule has 1 aliphatic rings. The van der Waals surface area contributed by atoms with Gasteiger partial charge in [-0.25, -0.2) is 4.98 Å². The number of aryl methyl sites for hydroxylation is 1. The number of nitrogens with zero attached hydrogens (tertiary/aromatic N) is 3. The molecule has 0 saturated carbocycles. The Balaban J connectivity index is 0.00000306. The summed E-state index contributed by atoms with van der Waals surface area (Å²) in [4.78, 5) is 22.1. The van der Waals surface area contributed by atoms with Crippen LogP contribution in [0.25, 0.3) is 16.3 Å². The summed E-state index contributed by atoms with van der Waals surface area (Å²) in [5.41, 5.74) is 2.58. The van der Waals surface area contributed by atoms with Crippen LogP contribution >= 0.6 is 46.9 Å². The first kappa shape index (κ1) is 25.9. The van der Waals surface area contributed by atoms with Crippen molar-refractivity contribution < 1.29 is 9.53 Å². The molecule has 0 unspecified atom stereocenters. The van der Waals surface area contributed by atoms with E-state index in [1.54, 1.807) is 17.1 Å². The van der Waals surface area contributed by atoms with Crippen LogP contribution < -0.4 is 4.90 Å². The molecule has 2 heterocycles. The van der Waals surface area contributed by atoms with Crippen LogP contribution in [0.3, 0.4) is 0 Å². The number of hydrogen-bond donors (Lipinski definition) is 0. The molecule has 1 aromatic heterocycles. The van der Waals surface area contributed by atoms with Crippen LogP contribution in [0.5, 0.6) is 0 Å². The topological polar surface area (TPSA) is 45.7 Å². The molecule has 0 spiro atoms. The Morgan fingerprint density at radius 2 is 1.94 bits per heavy atom. The second-order valence-corrected chi connectivity index (χ2v) is 9.49. The summed E-state index contributed by atoms with van der Waals surface area (Å²) < 4.78 is 6.44. The predicted octanol–water partition coefficient (Wildman–Crippen LogP) is 6.10. The van der Waals surface area contributed by atoms with E-state index in [9.17, 15) is 4.79 Å². The highest BCUT2D eigenvalue weighted by Gasteiger charge is 2.20. The zero-order chi connectivity index (χ0) is 22.5. The standard InChI is InChI=1S/C24H25Cl2N3O2S.ClH/c1-17-19(25)8-9-21-23(17)27-24(32-21)29(12-4-11-28-13-15-31-16-14-28)22(30)10-7-18-5-2-3-6-20(18)26;/h2-3,5-10H,4,11-16H2,1H3;1H/b10-7+;. The Morgan fingerprint density at radius 1 is 1.18 bits per heavy atom. The van der Waals surface area contributed by atoms with Gasteiger partial charge in [-0.3, -0.25) is 14.6 Å². The maximum absolute atomic E-state index is 13.2. The molecule has 1 amide bonds. The normalized spacial score (nSPS) is 14.5. The third-order valence-corrected chi connectivity index (χ3v) is 7.30. The summed E-state index contributed by atoms with van der Waals surface area (Å²) in [6.07, 6.45) is 4.18. The van der Waals surface area contributed by atoms with E-state index < -0.39 is 0 Å². The molecule has 2 aromatic carbocycles. The third kappa shape index (κ3) is 6.47.